The van der Waals surface area contributed by atoms with E-state index in [1.54, 1.807) is 6.07 Å². The van der Waals surface area contributed by atoms with Crippen molar-refractivity contribution in [3.8, 4) is 6.07 Å². The normalized spacial score (nSPS) is 14.6. The van der Waals surface area contributed by atoms with Gasteiger partial charge in [0.1, 0.15) is 6.07 Å². The van der Waals surface area contributed by atoms with Crippen LogP contribution in [-0.2, 0) is 0 Å². The van der Waals surface area contributed by atoms with Gasteiger partial charge in [-0.2, -0.15) is 10.4 Å². The van der Waals surface area contributed by atoms with E-state index in [1.165, 1.54) is 0 Å². The number of hydrogen-bond acceptors (Lipinski definition) is 5. The number of nitriles is 1. The Bertz CT molecular complexity index is 570. The van der Waals surface area contributed by atoms with Gasteiger partial charge in [-0.3, -0.25) is 10.8 Å². The number of para-hydroxylation sites is 1. The molecule has 0 bridgehead atoms. The largest absolute Gasteiger partial charge is 0.382 e. The molecule has 0 unspecified atom stereocenters. The Labute approximate surface area is 119 Å². The minimum atomic E-state index is -0.362. The Morgan fingerprint density at radius 2 is 2.26 bits per heavy atom. The van der Waals surface area contributed by atoms with E-state index in [2.05, 4.69) is 31.8 Å². The lowest BCUT2D eigenvalue weighted by molar-refractivity contribution is 1.15. The third kappa shape index (κ3) is 3.45. The van der Waals surface area contributed by atoms with Gasteiger partial charge in [-0.05, 0) is 40.9 Å². The zero-order valence-electron chi connectivity index (χ0n) is 10.1. The van der Waals surface area contributed by atoms with E-state index in [0.717, 1.165) is 28.7 Å². The van der Waals surface area contributed by atoms with Crippen LogP contribution in [0.15, 0.2) is 27.8 Å². The van der Waals surface area contributed by atoms with Crippen LogP contribution in [0.25, 0.3) is 0 Å². The van der Waals surface area contributed by atoms with E-state index in [1.807, 2.05) is 18.2 Å². The summed E-state index contributed by atoms with van der Waals surface area (Å²) in [6, 6.07) is 7.99. The van der Waals surface area contributed by atoms with Gasteiger partial charge in [-0.1, -0.05) is 6.07 Å². The van der Waals surface area contributed by atoms with Gasteiger partial charge >= 0.3 is 0 Å². The lowest BCUT2D eigenvalue weighted by atomic mass is 10.2. The summed E-state index contributed by atoms with van der Waals surface area (Å²) in [4.78, 5) is 0. The molecule has 19 heavy (non-hydrogen) atoms. The van der Waals surface area contributed by atoms with Crippen molar-refractivity contribution in [2.75, 3.05) is 10.7 Å². The van der Waals surface area contributed by atoms with Gasteiger partial charge in [0, 0.05) is 10.5 Å². The van der Waals surface area contributed by atoms with Crippen molar-refractivity contribution >= 4 is 38.9 Å². The number of nitrogens with two attached hydrogens (primary N) is 1. The number of hydrogen-bond donors (Lipinski definition) is 4. The van der Waals surface area contributed by atoms with Gasteiger partial charge in [-0.25, -0.2) is 0 Å². The van der Waals surface area contributed by atoms with E-state index in [9.17, 15) is 0 Å². The molecule has 2 rings (SSSR count). The fraction of sp³-hybridized carbons (Fsp3) is 0.250. The van der Waals surface area contributed by atoms with Gasteiger partial charge in [0.15, 0.2) is 5.84 Å². The van der Waals surface area contributed by atoms with E-state index >= 15 is 0 Å². The summed E-state index contributed by atoms with van der Waals surface area (Å²) in [5, 5.41) is 23.2. The predicted octanol–water partition coefficient (Wildman–Crippen LogP) is 2.25. The molecule has 5 N–H and O–H groups in total. The Kier molecular flexibility index (Phi) is 4.02. The molecule has 0 radical (unpaired) electrons. The number of nitrogens with one attached hydrogen (secondary N) is 3. The quantitative estimate of drug-likeness (QED) is 0.379. The number of hydrazone groups is 1. The molecule has 0 spiro atoms. The average molecular weight is 321 g/mol. The molecule has 1 aliphatic carbocycles. The lowest BCUT2D eigenvalue weighted by Crippen LogP contribution is -2.22. The number of nitrogens with zero attached hydrogens (tertiary/aromatic N) is 2. The maximum Gasteiger partial charge on any atom is 0.201 e. The van der Waals surface area contributed by atoms with Crippen molar-refractivity contribution in [2.24, 2.45) is 10.8 Å². The van der Waals surface area contributed by atoms with E-state index in [-0.39, 0.29) is 11.5 Å². The zero-order valence-corrected chi connectivity index (χ0v) is 11.7. The highest BCUT2D eigenvalue weighted by Gasteiger charge is 2.22. The van der Waals surface area contributed by atoms with Gasteiger partial charge in [-0.15, -0.1) is 0 Å². The minimum Gasteiger partial charge on any atom is -0.382 e. The molecule has 0 amide bonds. The first kappa shape index (κ1) is 13.4. The third-order valence-corrected chi connectivity index (χ3v) is 3.25. The van der Waals surface area contributed by atoms with Crippen LogP contribution in [0.2, 0.25) is 0 Å². The predicted molar refractivity (Wildman–Crippen MR) is 79.4 cm³/mol. The molecule has 1 aliphatic rings. The van der Waals surface area contributed by atoms with Crippen LogP contribution in [0, 0.1) is 16.7 Å². The topological polar surface area (TPSA) is 110 Å². The molecule has 1 saturated carbocycles. The highest BCUT2D eigenvalue weighted by molar-refractivity contribution is 9.10. The highest BCUT2D eigenvalue weighted by atomic mass is 79.9. The molecule has 1 aromatic carbocycles. The van der Waals surface area contributed by atoms with Crippen LogP contribution in [-0.4, -0.2) is 17.6 Å². The number of anilines is 2. The Hall–Kier alpha value is -2.07. The first-order valence-corrected chi connectivity index (χ1v) is 6.54. The number of rotatable bonds is 5. The molecule has 6 nitrogen and oxygen atoms in total. The lowest BCUT2D eigenvalue weighted by Gasteiger charge is -2.12. The van der Waals surface area contributed by atoms with Crippen LogP contribution >= 0.6 is 15.9 Å². The summed E-state index contributed by atoms with van der Waals surface area (Å²) in [5.41, 5.74) is 9.51. The van der Waals surface area contributed by atoms with E-state index in [0.29, 0.717) is 6.04 Å². The minimum absolute atomic E-state index is 0.145. The molecule has 1 aromatic rings. The Balaban J connectivity index is 2.23. The monoisotopic (exact) mass is 320 g/mol. The van der Waals surface area contributed by atoms with E-state index < -0.39 is 0 Å². The number of amidine groups is 1. The molecular formula is C12H13BrN6. The molecular weight excluding hydrogens is 308 g/mol. The molecule has 7 heteroatoms. The van der Waals surface area contributed by atoms with Crippen LogP contribution in [0.5, 0.6) is 0 Å². The molecule has 98 valence electrons. The fourth-order valence-corrected chi connectivity index (χ4v) is 1.92. The second-order valence-electron chi connectivity index (χ2n) is 4.18. The van der Waals surface area contributed by atoms with Crippen LogP contribution < -0.4 is 16.5 Å². The summed E-state index contributed by atoms with van der Waals surface area (Å²) in [6.45, 7) is 0. The molecule has 0 atom stereocenters. The number of halogens is 1. The molecule has 0 heterocycles. The van der Waals surface area contributed by atoms with Gasteiger partial charge in [0.2, 0.25) is 5.71 Å². The third-order valence-electron chi connectivity index (χ3n) is 2.59. The second-order valence-corrected chi connectivity index (χ2v) is 5.03. The molecule has 0 aliphatic heterocycles. The highest BCUT2D eigenvalue weighted by Crippen LogP contribution is 2.34. The van der Waals surface area contributed by atoms with Gasteiger partial charge in [0.25, 0.3) is 0 Å². The van der Waals surface area contributed by atoms with Crippen molar-refractivity contribution < 1.29 is 0 Å². The van der Waals surface area contributed by atoms with E-state index in [4.69, 9.17) is 16.4 Å². The first-order valence-electron chi connectivity index (χ1n) is 5.75. The summed E-state index contributed by atoms with van der Waals surface area (Å²) in [5.74, 6) is -0.362. The van der Waals surface area contributed by atoms with Crippen molar-refractivity contribution in [1.82, 2.24) is 0 Å². The van der Waals surface area contributed by atoms with Crippen molar-refractivity contribution in [2.45, 2.75) is 18.9 Å². The summed E-state index contributed by atoms with van der Waals surface area (Å²) in [6.07, 6.45) is 2.32. The smallest absolute Gasteiger partial charge is 0.201 e. The average Bonchev–Trinajstić information content (AvgIpc) is 3.16. The van der Waals surface area contributed by atoms with Crippen molar-refractivity contribution in [3.05, 3.63) is 22.7 Å². The Morgan fingerprint density at radius 1 is 1.53 bits per heavy atom. The standard InChI is InChI=1S/C12H13BrN6/c13-8-2-1-3-9(17-7-4-5-7)11(8)19-18-10(6-14)12(15)16/h1-3,7,17,19H,4-5H2,(H3,15,16)/b18-10+. The zero-order chi connectivity index (χ0) is 13.8. The van der Waals surface area contributed by atoms with Crippen LogP contribution in [0.1, 0.15) is 12.8 Å². The second kappa shape index (κ2) is 5.71. The maximum atomic E-state index is 8.80. The summed E-state index contributed by atoms with van der Waals surface area (Å²) in [7, 11) is 0. The Morgan fingerprint density at radius 3 is 2.84 bits per heavy atom. The van der Waals surface area contributed by atoms with Gasteiger partial charge < -0.3 is 11.1 Å². The van der Waals surface area contributed by atoms with Crippen LogP contribution in [0.3, 0.4) is 0 Å². The van der Waals surface area contributed by atoms with Crippen LogP contribution in [0.4, 0.5) is 11.4 Å². The van der Waals surface area contributed by atoms with Crippen molar-refractivity contribution in [1.29, 1.82) is 10.7 Å². The molecule has 1 fully saturated rings. The molecule has 0 aromatic heterocycles. The first-order chi connectivity index (χ1) is 9.11. The van der Waals surface area contributed by atoms with Crippen molar-refractivity contribution in [3.63, 3.8) is 0 Å². The van der Waals surface area contributed by atoms with Gasteiger partial charge in [0.05, 0.1) is 11.4 Å². The number of benzene rings is 1. The fourth-order valence-electron chi connectivity index (χ4n) is 1.46. The molecule has 0 saturated heterocycles. The SMILES string of the molecule is N#C/C(=N\Nc1c(Br)cccc1NC1CC1)C(=N)N. The summed E-state index contributed by atoms with van der Waals surface area (Å²) < 4.78 is 0.822. The summed E-state index contributed by atoms with van der Waals surface area (Å²) >= 11 is 3.43. The maximum absolute atomic E-state index is 8.80.